The maximum atomic E-state index is 13.1. The van der Waals surface area contributed by atoms with E-state index in [1.807, 2.05) is 0 Å². The van der Waals surface area contributed by atoms with E-state index in [0.717, 1.165) is 6.26 Å². The molecule has 0 aliphatic carbocycles. The maximum absolute atomic E-state index is 13.1. The van der Waals surface area contributed by atoms with Crippen molar-refractivity contribution in [2.45, 2.75) is 12.2 Å². The normalized spacial score (nSPS) is 14.4. The molecule has 13 heavy (non-hydrogen) atoms. The lowest BCUT2D eigenvalue weighted by Crippen LogP contribution is -2.09. The summed E-state index contributed by atoms with van der Waals surface area (Å²) in [5.41, 5.74) is 5.01. The van der Waals surface area contributed by atoms with Crippen LogP contribution in [0.1, 0.15) is 17.9 Å². The number of rotatable bonds is 2. The molecule has 7 heteroatoms. The van der Waals surface area contributed by atoms with E-state index in [4.69, 9.17) is 5.73 Å². The zero-order valence-corrected chi connectivity index (χ0v) is 8.02. The minimum Gasteiger partial charge on any atom is -0.380 e. The van der Waals surface area contributed by atoms with E-state index >= 15 is 0 Å². The number of halogens is 1. The lowest BCUT2D eigenvalue weighted by Gasteiger charge is -2.05. The number of aromatic nitrogens is 2. The summed E-state index contributed by atoms with van der Waals surface area (Å²) in [6, 6.07) is 0. The predicted octanol–water partition coefficient (Wildman–Crippen LogP) is 0.237. The van der Waals surface area contributed by atoms with Gasteiger partial charge in [0.15, 0.2) is 21.5 Å². The number of hydrogen-bond acceptors (Lipinski definition) is 4. The Hall–Kier alpha value is -1.11. The molecule has 0 saturated carbocycles. The molecular formula is C6H10FN3O2S. The van der Waals surface area contributed by atoms with Crippen LogP contribution in [-0.4, -0.2) is 24.9 Å². The minimum atomic E-state index is -3.33. The van der Waals surface area contributed by atoms with Gasteiger partial charge in [-0.15, -0.1) is 0 Å². The molecule has 1 rings (SSSR count). The van der Waals surface area contributed by atoms with Crippen LogP contribution in [-0.2, 0) is 9.84 Å². The third kappa shape index (κ3) is 1.80. The lowest BCUT2D eigenvalue weighted by atomic mass is 10.3. The van der Waals surface area contributed by atoms with Gasteiger partial charge in [-0.1, -0.05) is 0 Å². The zero-order valence-electron chi connectivity index (χ0n) is 7.20. The van der Waals surface area contributed by atoms with Crippen molar-refractivity contribution >= 4 is 15.7 Å². The minimum absolute atomic E-state index is 0.0972. The molecule has 0 saturated heterocycles. The van der Waals surface area contributed by atoms with E-state index in [1.165, 1.54) is 6.92 Å². The first-order valence-corrected chi connectivity index (χ1v) is 5.47. The van der Waals surface area contributed by atoms with Crippen LogP contribution >= 0.6 is 0 Å². The Morgan fingerprint density at radius 3 is 2.46 bits per heavy atom. The Morgan fingerprint density at radius 1 is 1.62 bits per heavy atom. The largest absolute Gasteiger partial charge is 0.380 e. The number of hydrogen-bond donors (Lipinski definition) is 2. The summed E-state index contributed by atoms with van der Waals surface area (Å²) in [5.74, 6) is -1.11. The van der Waals surface area contributed by atoms with Crippen molar-refractivity contribution in [3.63, 3.8) is 0 Å². The summed E-state index contributed by atoms with van der Waals surface area (Å²) in [5, 5.41) is 4.65. The summed E-state index contributed by atoms with van der Waals surface area (Å²) in [4.78, 5) is 0. The molecule has 0 radical (unpaired) electrons. The van der Waals surface area contributed by atoms with E-state index in [2.05, 4.69) is 10.2 Å². The summed E-state index contributed by atoms with van der Waals surface area (Å²) in [6.45, 7) is 1.37. The van der Waals surface area contributed by atoms with E-state index in [-0.39, 0.29) is 11.5 Å². The Morgan fingerprint density at radius 2 is 2.15 bits per heavy atom. The first-order valence-electron chi connectivity index (χ1n) is 3.52. The molecule has 0 amide bonds. The molecular weight excluding hydrogens is 197 g/mol. The second-order valence-electron chi connectivity index (χ2n) is 2.81. The SMILES string of the molecule is CC(c1[nH]nc(N)c1F)S(C)(=O)=O. The Kier molecular flexibility index (Phi) is 2.29. The van der Waals surface area contributed by atoms with Crippen LogP contribution in [0.3, 0.4) is 0 Å². The molecule has 1 aromatic heterocycles. The van der Waals surface area contributed by atoms with Gasteiger partial charge < -0.3 is 5.73 Å². The number of aromatic amines is 1. The van der Waals surface area contributed by atoms with Crippen molar-refractivity contribution in [3.8, 4) is 0 Å². The third-order valence-electron chi connectivity index (χ3n) is 1.81. The molecule has 1 unspecified atom stereocenters. The van der Waals surface area contributed by atoms with Crippen LogP contribution in [0, 0.1) is 5.82 Å². The van der Waals surface area contributed by atoms with Crippen LogP contribution in [0.2, 0.25) is 0 Å². The van der Waals surface area contributed by atoms with Gasteiger partial charge in [-0.05, 0) is 6.92 Å². The fourth-order valence-corrected chi connectivity index (χ4v) is 1.42. The standard InChI is InChI=1S/C6H10FN3O2S/c1-3(13(2,11)12)5-4(7)6(8)10-9-5/h3H,1-2H3,(H3,8,9,10). The van der Waals surface area contributed by atoms with Crippen LogP contribution < -0.4 is 5.73 Å². The van der Waals surface area contributed by atoms with E-state index in [1.54, 1.807) is 0 Å². The predicted molar refractivity (Wildman–Crippen MR) is 46.2 cm³/mol. The maximum Gasteiger partial charge on any atom is 0.189 e. The van der Waals surface area contributed by atoms with Gasteiger partial charge in [0.25, 0.3) is 0 Å². The second kappa shape index (κ2) is 2.99. The molecule has 0 bridgehead atoms. The quantitative estimate of drug-likeness (QED) is 0.726. The van der Waals surface area contributed by atoms with Gasteiger partial charge in [0.05, 0.1) is 5.69 Å². The zero-order chi connectivity index (χ0) is 10.2. The van der Waals surface area contributed by atoms with Crippen LogP contribution in [0.25, 0.3) is 0 Å². The monoisotopic (exact) mass is 207 g/mol. The molecule has 0 spiro atoms. The average molecular weight is 207 g/mol. The summed E-state index contributed by atoms with van der Waals surface area (Å²) < 4.78 is 35.1. The molecule has 3 N–H and O–H groups in total. The molecule has 74 valence electrons. The molecule has 0 aromatic carbocycles. The molecule has 0 aliphatic heterocycles. The first-order chi connectivity index (χ1) is 5.84. The Labute approximate surface area is 75.1 Å². The van der Waals surface area contributed by atoms with Crippen molar-refractivity contribution in [2.75, 3.05) is 12.0 Å². The molecule has 1 heterocycles. The number of nitrogens with one attached hydrogen (secondary N) is 1. The fraction of sp³-hybridized carbons (Fsp3) is 0.500. The molecule has 1 aromatic rings. The van der Waals surface area contributed by atoms with Gasteiger partial charge >= 0.3 is 0 Å². The average Bonchev–Trinajstić information content (AvgIpc) is 2.30. The number of sulfone groups is 1. The van der Waals surface area contributed by atoms with E-state index in [0.29, 0.717) is 0 Å². The fourth-order valence-electron chi connectivity index (χ4n) is 0.840. The summed E-state index contributed by atoms with van der Waals surface area (Å²) in [7, 11) is -3.33. The first kappa shape index (κ1) is 9.97. The summed E-state index contributed by atoms with van der Waals surface area (Å²) in [6.07, 6.45) is 1.02. The topological polar surface area (TPSA) is 88.8 Å². The van der Waals surface area contributed by atoms with Crippen molar-refractivity contribution in [1.82, 2.24) is 10.2 Å². The molecule has 5 nitrogen and oxygen atoms in total. The van der Waals surface area contributed by atoms with Crippen LogP contribution in [0.5, 0.6) is 0 Å². The van der Waals surface area contributed by atoms with Crippen molar-refractivity contribution in [1.29, 1.82) is 0 Å². The molecule has 0 fully saturated rings. The highest BCUT2D eigenvalue weighted by molar-refractivity contribution is 7.90. The van der Waals surface area contributed by atoms with Crippen molar-refractivity contribution < 1.29 is 12.8 Å². The summed E-state index contributed by atoms with van der Waals surface area (Å²) >= 11 is 0. The second-order valence-corrected chi connectivity index (χ2v) is 5.17. The van der Waals surface area contributed by atoms with Gasteiger partial charge in [-0.2, -0.15) is 5.10 Å². The Balaban J connectivity index is 3.17. The number of anilines is 1. The van der Waals surface area contributed by atoms with Crippen molar-refractivity contribution in [2.24, 2.45) is 0 Å². The highest BCUT2D eigenvalue weighted by atomic mass is 32.2. The van der Waals surface area contributed by atoms with Gasteiger partial charge in [0, 0.05) is 6.26 Å². The van der Waals surface area contributed by atoms with Crippen LogP contribution in [0.15, 0.2) is 0 Å². The van der Waals surface area contributed by atoms with Gasteiger partial charge in [-0.25, -0.2) is 12.8 Å². The third-order valence-corrected chi connectivity index (χ3v) is 3.33. The molecule has 1 atom stereocenters. The van der Waals surface area contributed by atoms with Gasteiger partial charge in [-0.3, -0.25) is 5.10 Å². The van der Waals surface area contributed by atoms with Gasteiger partial charge in [0.2, 0.25) is 0 Å². The van der Waals surface area contributed by atoms with E-state index < -0.39 is 20.9 Å². The van der Waals surface area contributed by atoms with Crippen LogP contribution in [0.4, 0.5) is 10.2 Å². The van der Waals surface area contributed by atoms with E-state index in [9.17, 15) is 12.8 Å². The van der Waals surface area contributed by atoms with Crippen molar-refractivity contribution in [3.05, 3.63) is 11.5 Å². The number of nitrogens with two attached hydrogens (primary N) is 1. The molecule has 0 aliphatic rings. The highest BCUT2D eigenvalue weighted by Crippen LogP contribution is 2.23. The smallest absolute Gasteiger partial charge is 0.189 e. The highest BCUT2D eigenvalue weighted by Gasteiger charge is 2.24. The Bertz CT molecular complexity index is 412. The number of nitrogen functional groups attached to an aromatic ring is 1. The number of nitrogens with zero attached hydrogens (tertiary/aromatic N) is 1. The van der Waals surface area contributed by atoms with Gasteiger partial charge in [0.1, 0.15) is 5.25 Å². The lowest BCUT2D eigenvalue weighted by molar-refractivity contribution is 0.578. The number of H-pyrrole nitrogens is 1.